The smallest absolute Gasteiger partial charge is 0.230 e. The first-order chi connectivity index (χ1) is 18.9. The van der Waals surface area contributed by atoms with Gasteiger partial charge in [0.1, 0.15) is 6.42 Å². The van der Waals surface area contributed by atoms with Crippen LogP contribution in [0.3, 0.4) is 0 Å². The zero-order chi connectivity index (χ0) is 28.4. The average Bonchev–Trinajstić information content (AvgIpc) is 3.34. The summed E-state index contributed by atoms with van der Waals surface area (Å²) in [5.41, 5.74) is 0.727. The van der Waals surface area contributed by atoms with E-state index in [4.69, 9.17) is 9.47 Å². The van der Waals surface area contributed by atoms with E-state index < -0.39 is 0 Å². The molecule has 2 heterocycles. The standard InChI is InChI=1S/C33H55N3O4/c1-20-9-14-33(39-18-20)21(2)30-27(40-33)16-26-24-8-7-22-15-23(35-29(38)17-28(37)34-19-36(5)6)10-12-31(22,3)25(24)11-13-32(26,30)4/h20-27,30H,7-19H2,1-6H3,(H,34,37)(H,35,38)/t20-,21+,22+,23-,24-,25+,26+,27+,30+,31+,32+,33-/m1/s1. The number of fused-ring (bicyclic) bond motifs is 7. The molecule has 4 saturated carbocycles. The van der Waals surface area contributed by atoms with E-state index in [2.05, 4.69) is 38.3 Å². The highest BCUT2D eigenvalue weighted by atomic mass is 16.7. The van der Waals surface area contributed by atoms with E-state index in [0.29, 0.717) is 47.3 Å². The number of carbonyl (C=O) groups excluding carboxylic acids is 2. The van der Waals surface area contributed by atoms with Gasteiger partial charge >= 0.3 is 0 Å². The zero-order valence-corrected chi connectivity index (χ0v) is 26.0. The van der Waals surface area contributed by atoms with Crippen LogP contribution in [0.2, 0.25) is 0 Å². The van der Waals surface area contributed by atoms with Crippen molar-refractivity contribution >= 4 is 11.8 Å². The fourth-order valence-electron chi connectivity index (χ4n) is 11.1. The van der Waals surface area contributed by atoms with Crippen LogP contribution in [0.15, 0.2) is 0 Å². The topological polar surface area (TPSA) is 79.9 Å². The normalized spacial score (nSPS) is 49.6. The highest BCUT2D eigenvalue weighted by molar-refractivity contribution is 5.96. The molecule has 6 rings (SSSR count). The minimum absolute atomic E-state index is 0.0780. The Morgan fingerprint density at radius 2 is 1.68 bits per heavy atom. The van der Waals surface area contributed by atoms with Gasteiger partial charge in [-0.3, -0.25) is 14.5 Å². The summed E-state index contributed by atoms with van der Waals surface area (Å²) < 4.78 is 13.5. The number of nitrogens with zero attached hydrogens (tertiary/aromatic N) is 1. The van der Waals surface area contributed by atoms with Crippen LogP contribution in [0.1, 0.15) is 98.3 Å². The van der Waals surface area contributed by atoms with Crippen molar-refractivity contribution in [3.8, 4) is 0 Å². The van der Waals surface area contributed by atoms with Gasteiger partial charge in [0.15, 0.2) is 5.79 Å². The van der Waals surface area contributed by atoms with Crippen LogP contribution in [0.25, 0.3) is 0 Å². The van der Waals surface area contributed by atoms with Crippen molar-refractivity contribution in [2.75, 3.05) is 27.4 Å². The van der Waals surface area contributed by atoms with E-state index in [0.717, 1.165) is 43.6 Å². The molecule has 2 N–H and O–H groups in total. The number of nitrogens with one attached hydrogen (secondary N) is 2. The summed E-state index contributed by atoms with van der Waals surface area (Å²) >= 11 is 0. The van der Waals surface area contributed by atoms with Crippen molar-refractivity contribution < 1.29 is 19.1 Å². The third kappa shape index (κ3) is 4.74. The molecule has 226 valence electrons. The Bertz CT molecular complexity index is 979. The van der Waals surface area contributed by atoms with E-state index in [1.165, 1.54) is 44.9 Å². The van der Waals surface area contributed by atoms with Crippen LogP contribution >= 0.6 is 0 Å². The molecule has 0 radical (unpaired) electrons. The number of rotatable bonds is 5. The minimum Gasteiger partial charge on any atom is -0.353 e. The summed E-state index contributed by atoms with van der Waals surface area (Å²) in [5.74, 6) is 4.10. The van der Waals surface area contributed by atoms with Crippen LogP contribution in [0, 0.1) is 52.3 Å². The maximum Gasteiger partial charge on any atom is 0.230 e. The molecule has 7 heteroatoms. The molecule has 0 aromatic heterocycles. The Morgan fingerprint density at radius 1 is 0.900 bits per heavy atom. The number of hydrogen-bond donors (Lipinski definition) is 2. The van der Waals surface area contributed by atoms with Gasteiger partial charge in [-0.25, -0.2) is 0 Å². The van der Waals surface area contributed by atoms with Crippen molar-refractivity contribution in [2.45, 2.75) is 116 Å². The summed E-state index contributed by atoms with van der Waals surface area (Å²) in [6, 6.07) is 0.201. The average molecular weight is 558 g/mol. The molecule has 0 aromatic carbocycles. The number of ether oxygens (including phenoxy) is 2. The molecular formula is C33H55N3O4. The van der Waals surface area contributed by atoms with Crippen molar-refractivity contribution in [1.29, 1.82) is 0 Å². The predicted molar refractivity (Wildman–Crippen MR) is 155 cm³/mol. The van der Waals surface area contributed by atoms with E-state index >= 15 is 0 Å². The Hall–Kier alpha value is -1.18. The van der Waals surface area contributed by atoms with Gasteiger partial charge in [0.05, 0.1) is 19.4 Å². The highest BCUT2D eigenvalue weighted by Gasteiger charge is 2.69. The molecule has 6 fully saturated rings. The molecule has 12 atom stereocenters. The number of amides is 2. The van der Waals surface area contributed by atoms with Crippen LogP contribution in [0.5, 0.6) is 0 Å². The van der Waals surface area contributed by atoms with E-state index in [-0.39, 0.29) is 30.1 Å². The Morgan fingerprint density at radius 3 is 2.40 bits per heavy atom. The summed E-state index contributed by atoms with van der Waals surface area (Å²) in [5, 5.41) is 6.02. The Kier molecular flexibility index (Phi) is 7.60. The molecule has 7 nitrogen and oxygen atoms in total. The van der Waals surface area contributed by atoms with Crippen LogP contribution in [-0.4, -0.2) is 62.0 Å². The van der Waals surface area contributed by atoms with Crippen LogP contribution in [-0.2, 0) is 19.1 Å². The molecule has 6 aliphatic rings. The fourth-order valence-corrected chi connectivity index (χ4v) is 11.1. The highest BCUT2D eigenvalue weighted by Crippen LogP contribution is 2.71. The van der Waals surface area contributed by atoms with Gasteiger partial charge in [-0.05, 0) is 118 Å². The lowest BCUT2D eigenvalue weighted by molar-refractivity contribution is -0.273. The second-order valence-corrected chi connectivity index (χ2v) is 15.7. The summed E-state index contributed by atoms with van der Waals surface area (Å²) in [4.78, 5) is 26.7. The van der Waals surface area contributed by atoms with E-state index in [1.807, 2.05) is 19.0 Å². The number of hydrogen-bond acceptors (Lipinski definition) is 5. The lowest BCUT2D eigenvalue weighted by atomic mass is 9.44. The van der Waals surface area contributed by atoms with Gasteiger partial charge in [-0.1, -0.05) is 27.7 Å². The second-order valence-electron chi connectivity index (χ2n) is 15.7. The molecule has 0 bridgehead atoms. The van der Waals surface area contributed by atoms with E-state index in [1.54, 1.807) is 0 Å². The molecule has 2 aliphatic heterocycles. The fraction of sp³-hybridized carbons (Fsp3) is 0.939. The monoisotopic (exact) mass is 557 g/mol. The summed E-state index contributed by atoms with van der Waals surface area (Å²) in [6.07, 6.45) is 12.4. The largest absolute Gasteiger partial charge is 0.353 e. The SMILES string of the molecule is C[C@@H]1CC[C@@]2(OC1)O[C@H]1C[C@H]3[C@@H]4CC[C@H]5C[C@H](NC(=O)CC(=O)NCN(C)C)CC[C@]5(C)[C@H]4CC[C@]3(C)[C@H]1[C@@H]2C. The summed E-state index contributed by atoms with van der Waals surface area (Å²) in [7, 11) is 3.80. The quantitative estimate of drug-likeness (QED) is 0.370. The molecule has 0 aromatic rings. The van der Waals surface area contributed by atoms with Crippen molar-refractivity contribution in [3.63, 3.8) is 0 Å². The molecule has 40 heavy (non-hydrogen) atoms. The number of carbonyl (C=O) groups is 2. The van der Waals surface area contributed by atoms with Gasteiger partial charge in [-0.15, -0.1) is 0 Å². The van der Waals surface area contributed by atoms with Gasteiger partial charge < -0.3 is 20.1 Å². The molecule has 1 spiro atoms. The third-order valence-electron chi connectivity index (χ3n) is 13.2. The predicted octanol–water partition coefficient (Wildman–Crippen LogP) is 4.94. The van der Waals surface area contributed by atoms with Crippen molar-refractivity contribution in [3.05, 3.63) is 0 Å². The Labute approximate surface area is 242 Å². The lowest BCUT2D eigenvalue weighted by Crippen LogP contribution is -2.56. The minimum atomic E-state index is -0.327. The molecule has 4 aliphatic carbocycles. The molecule has 2 amide bonds. The zero-order valence-electron chi connectivity index (χ0n) is 26.0. The van der Waals surface area contributed by atoms with Gasteiger partial charge in [0, 0.05) is 18.4 Å². The molecular weight excluding hydrogens is 502 g/mol. The first kappa shape index (κ1) is 28.9. The van der Waals surface area contributed by atoms with Crippen LogP contribution < -0.4 is 10.6 Å². The van der Waals surface area contributed by atoms with Gasteiger partial charge in [0.2, 0.25) is 11.8 Å². The molecule has 0 unspecified atom stereocenters. The maximum absolute atomic E-state index is 12.6. The van der Waals surface area contributed by atoms with Crippen molar-refractivity contribution in [2.24, 2.45) is 52.3 Å². The summed E-state index contributed by atoms with van der Waals surface area (Å²) in [6.45, 7) is 11.3. The lowest BCUT2D eigenvalue weighted by Gasteiger charge is -2.61. The maximum atomic E-state index is 12.6. The van der Waals surface area contributed by atoms with Gasteiger partial charge in [0.25, 0.3) is 0 Å². The van der Waals surface area contributed by atoms with Crippen LogP contribution in [0.4, 0.5) is 0 Å². The third-order valence-corrected chi connectivity index (χ3v) is 13.2. The second kappa shape index (κ2) is 10.5. The van der Waals surface area contributed by atoms with Crippen molar-refractivity contribution in [1.82, 2.24) is 15.5 Å². The van der Waals surface area contributed by atoms with E-state index in [9.17, 15) is 9.59 Å². The first-order valence-corrected chi connectivity index (χ1v) is 16.5. The first-order valence-electron chi connectivity index (χ1n) is 16.5. The van der Waals surface area contributed by atoms with Gasteiger partial charge in [-0.2, -0.15) is 0 Å². The Balaban J connectivity index is 1.08. The molecule has 2 saturated heterocycles.